The second-order valence-corrected chi connectivity index (χ2v) is 5.23. The number of aliphatic hydroxyl groups is 1. The van der Waals surface area contributed by atoms with Gasteiger partial charge in [0.2, 0.25) is 5.91 Å². The van der Waals surface area contributed by atoms with Gasteiger partial charge in [-0.05, 0) is 38.6 Å². The van der Waals surface area contributed by atoms with Gasteiger partial charge in [-0.15, -0.1) is 0 Å². The molecular weight excluding hydrogens is 228 g/mol. The van der Waals surface area contributed by atoms with Gasteiger partial charge >= 0.3 is 0 Å². The zero-order valence-corrected chi connectivity index (χ0v) is 11.8. The number of amides is 1. The van der Waals surface area contributed by atoms with E-state index in [0.717, 1.165) is 58.3 Å². The molecule has 4 nitrogen and oxygen atoms in total. The van der Waals surface area contributed by atoms with Crippen molar-refractivity contribution < 1.29 is 9.90 Å². The van der Waals surface area contributed by atoms with Crippen molar-refractivity contribution in [2.45, 2.75) is 52.1 Å². The fraction of sp³-hybridized carbons (Fsp3) is 0.929. The molecule has 1 saturated heterocycles. The molecule has 1 amide bonds. The van der Waals surface area contributed by atoms with E-state index in [-0.39, 0.29) is 17.9 Å². The summed E-state index contributed by atoms with van der Waals surface area (Å²) in [4.78, 5) is 14.1. The fourth-order valence-corrected chi connectivity index (χ4v) is 2.46. The van der Waals surface area contributed by atoms with Crippen molar-refractivity contribution in [3.8, 4) is 0 Å². The number of nitrogens with zero attached hydrogens (tertiary/aromatic N) is 1. The molecule has 1 rings (SSSR count). The summed E-state index contributed by atoms with van der Waals surface area (Å²) < 4.78 is 0. The van der Waals surface area contributed by atoms with Crippen molar-refractivity contribution in [3.05, 3.63) is 0 Å². The summed E-state index contributed by atoms with van der Waals surface area (Å²) in [5.41, 5.74) is 0. The lowest BCUT2D eigenvalue weighted by Crippen LogP contribution is -2.38. The van der Waals surface area contributed by atoms with Crippen LogP contribution in [0.4, 0.5) is 0 Å². The first-order valence-corrected chi connectivity index (χ1v) is 7.35. The molecule has 0 bridgehead atoms. The Hall–Kier alpha value is -0.610. The lowest BCUT2D eigenvalue weighted by atomic mass is 10.0. The zero-order valence-electron chi connectivity index (χ0n) is 11.8. The third kappa shape index (κ3) is 5.36. The maximum atomic E-state index is 11.7. The number of carbonyl (C=O) groups excluding carboxylic acids is 1. The van der Waals surface area contributed by atoms with Crippen LogP contribution in [0.5, 0.6) is 0 Å². The first-order valence-electron chi connectivity index (χ1n) is 7.35. The number of hydrogen-bond acceptors (Lipinski definition) is 3. The number of likely N-dealkylation sites (tertiary alicyclic amines) is 1. The van der Waals surface area contributed by atoms with Gasteiger partial charge in [-0.25, -0.2) is 0 Å². The molecule has 0 atom stereocenters. The molecule has 0 aliphatic carbocycles. The summed E-state index contributed by atoms with van der Waals surface area (Å²) in [6, 6.07) is 0. The molecule has 1 aliphatic rings. The first-order chi connectivity index (χ1) is 8.67. The molecule has 1 aliphatic heterocycles. The molecule has 0 aromatic carbocycles. The lowest BCUT2D eigenvalue weighted by Gasteiger charge is -2.29. The molecule has 1 heterocycles. The minimum absolute atomic E-state index is 0.101. The first kappa shape index (κ1) is 15.4. The average molecular weight is 256 g/mol. The van der Waals surface area contributed by atoms with Crippen molar-refractivity contribution in [1.82, 2.24) is 10.2 Å². The summed E-state index contributed by atoms with van der Waals surface area (Å²) in [6.45, 7) is 7.90. The van der Waals surface area contributed by atoms with E-state index in [1.807, 2.05) is 0 Å². The van der Waals surface area contributed by atoms with E-state index >= 15 is 0 Å². The zero-order chi connectivity index (χ0) is 13.4. The van der Waals surface area contributed by atoms with E-state index in [0.29, 0.717) is 0 Å². The Morgan fingerprint density at radius 1 is 1.33 bits per heavy atom. The molecule has 4 heteroatoms. The number of aliphatic hydroxyl groups excluding tert-OH is 1. The maximum absolute atomic E-state index is 11.7. The predicted octanol–water partition coefficient (Wildman–Crippen LogP) is 1.39. The molecule has 0 radical (unpaired) electrons. The van der Waals surface area contributed by atoms with Crippen LogP contribution in [0.15, 0.2) is 0 Å². The number of nitrogens with one attached hydrogen (secondary N) is 1. The second kappa shape index (κ2) is 8.48. The molecule has 0 aromatic heterocycles. The Balaban J connectivity index is 2.06. The second-order valence-electron chi connectivity index (χ2n) is 5.23. The fourth-order valence-electron chi connectivity index (χ4n) is 2.46. The molecule has 0 spiro atoms. The van der Waals surface area contributed by atoms with Crippen molar-refractivity contribution >= 4 is 5.91 Å². The van der Waals surface area contributed by atoms with E-state index < -0.39 is 0 Å². The molecule has 1 fully saturated rings. The van der Waals surface area contributed by atoms with E-state index in [4.69, 9.17) is 0 Å². The highest BCUT2D eigenvalue weighted by atomic mass is 16.3. The third-order valence-electron chi connectivity index (χ3n) is 3.86. The summed E-state index contributed by atoms with van der Waals surface area (Å²) in [6.07, 6.45) is 4.52. The van der Waals surface area contributed by atoms with Crippen LogP contribution in [0, 0.1) is 5.92 Å². The standard InChI is InChI=1S/C14H28N2O2/c1-3-12(4-2)14(18)15-8-5-9-16-10-6-13(17)7-11-16/h12-13,17H,3-11H2,1-2H3,(H,15,18). The third-order valence-corrected chi connectivity index (χ3v) is 3.86. The van der Waals surface area contributed by atoms with Gasteiger partial charge in [-0.3, -0.25) is 4.79 Å². The van der Waals surface area contributed by atoms with E-state index in [1.54, 1.807) is 0 Å². The van der Waals surface area contributed by atoms with Crippen molar-refractivity contribution in [1.29, 1.82) is 0 Å². The van der Waals surface area contributed by atoms with Crippen LogP contribution < -0.4 is 5.32 Å². The van der Waals surface area contributed by atoms with E-state index in [9.17, 15) is 9.90 Å². The van der Waals surface area contributed by atoms with Crippen LogP contribution in [-0.2, 0) is 4.79 Å². The summed E-state index contributed by atoms with van der Waals surface area (Å²) >= 11 is 0. The van der Waals surface area contributed by atoms with Gasteiger partial charge in [0, 0.05) is 25.6 Å². The number of carbonyl (C=O) groups is 1. The summed E-state index contributed by atoms with van der Waals surface area (Å²) in [5, 5.41) is 12.4. The van der Waals surface area contributed by atoms with Crippen molar-refractivity contribution in [3.63, 3.8) is 0 Å². The van der Waals surface area contributed by atoms with Crippen molar-refractivity contribution in [2.75, 3.05) is 26.2 Å². The van der Waals surface area contributed by atoms with Crippen LogP contribution in [-0.4, -0.2) is 48.2 Å². The highest BCUT2D eigenvalue weighted by molar-refractivity contribution is 5.78. The Labute approximate surface area is 111 Å². The minimum Gasteiger partial charge on any atom is -0.393 e. The van der Waals surface area contributed by atoms with E-state index in [1.165, 1.54) is 0 Å². The van der Waals surface area contributed by atoms with Crippen LogP contribution in [0.1, 0.15) is 46.0 Å². The Morgan fingerprint density at radius 3 is 2.50 bits per heavy atom. The van der Waals surface area contributed by atoms with Crippen LogP contribution in [0.2, 0.25) is 0 Å². The Bertz CT molecular complexity index is 234. The van der Waals surface area contributed by atoms with Gasteiger partial charge in [0.1, 0.15) is 0 Å². The lowest BCUT2D eigenvalue weighted by molar-refractivity contribution is -0.125. The van der Waals surface area contributed by atoms with Gasteiger partial charge < -0.3 is 15.3 Å². The molecular formula is C14H28N2O2. The predicted molar refractivity (Wildman–Crippen MR) is 73.4 cm³/mol. The SMILES string of the molecule is CCC(CC)C(=O)NCCCN1CCC(O)CC1. The molecule has 2 N–H and O–H groups in total. The van der Waals surface area contributed by atoms with Gasteiger partial charge in [-0.1, -0.05) is 13.8 Å². The topological polar surface area (TPSA) is 52.6 Å². The highest BCUT2D eigenvalue weighted by Gasteiger charge is 2.16. The van der Waals surface area contributed by atoms with Crippen LogP contribution in [0.3, 0.4) is 0 Å². The Kier molecular flexibility index (Phi) is 7.28. The molecule has 106 valence electrons. The summed E-state index contributed by atoms with van der Waals surface area (Å²) in [5.74, 6) is 0.379. The van der Waals surface area contributed by atoms with Gasteiger partial charge in [0.25, 0.3) is 0 Å². The minimum atomic E-state index is -0.101. The number of hydrogen-bond donors (Lipinski definition) is 2. The van der Waals surface area contributed by atoms with Gasteiger partial charge in [0.05, 0.1) is 6.10 Å². The molecule has 18 heavy (non-hydrogen) atoms. The number of rotatable bonds is 7. The summed E-state index contributed by atoms with van der Waals surface area (Å²) in [7, 11) is 0. The highest BCUT2D eigenvalue weighted by Crippen LogP contribution is 2.10. The normalized spacial score (nSPS) is 18.2. The van der Waals surface area contributed by atoms with Crippen LogP contribution in [0.25, 0.3) is 0 Å². The average Bonchev–Trinajstić information content (AvgIpc) is 2.38. The van der Waals surface area contributed by atoms with Crippen molar-refractivity contribution in [2.24, 2.45) is 5.92 Å². The van der Waals surface area contributed by atoms with E-state index in [2.05, 4.69) is 24.1 Å². The molecule has 0 aromatic rings. The maximum Gasteiger partial charge on any atom is 0.223 e. The van der Waals surface area contributed by atoms with Crippen LogP contribution >= 0.6 is 0 Å². The quantitative estimate of drug-likeness (QED) is 0.677. The monoisotopic (exact) mass is 256 g/mol. The Morgan fingerprint density at radius 2 is 1.94 bits per heavy atom. The van der Waals surface area contributed by atoms with Gasteiger partial charge in [0.15, 0.2) is 0 Å². The molecule has 0 saturated carbocycles. The smallest absolute Gasteiger partial charge is 0.223 e. The largest absolute Gasteiger partial charge is 0.393 e. The van der Waals surface area contributed by atoms with Gasteiger partial charge in [-0.2, -0.15) is 0 Å². The number of piperidine rings is 1. The molecule has 0 unspecified atom stereocenters.